The van der Waals surface area contributed by atoms with E-state index < -0.39 is 0 Å². The number of hydrogen-bond acceptors (Lipinski definition) is 4. The number of carbonyl (C=O) groups excluding carboxylic acids is 1. The van der Waals surface area contributed by atoms with Crippen molar-refractivity contribution in [2.75, 3.05) is 19.7 Å². The van der Waals surface area contributed by atoms with Crippen molar-refractivity contribution < 1.29 is 9.53 Å². The lowest BCUT2D eigenvalue weighted by Crippen LogP contribution is -2.49. The second-order valence-electron chi connectivity index (χ2n) is 8.49. The molecule has 6 heteroatoms. The average molecular weight is 428 g/mol. The molecule has 3 atom stereocenters. The highest BCUT2D eigenvalue weighted by molar-refractivity contribution is 6.29. The van der Waals surface area contributed by atoms with Gasteiger partial charge in [0.25, 0.3) is 5.91 Å². The summed E-state index contributed by atoms with van der Waals surface area (Å²) in [5.74, 6) is 1.05. The minimum Gasteiger partial charge on any atom is -0.493 e. The van der Waals surface area contributed by atoms with Crippen molar-refractivity contribution in [1.82, 2.24) is 14.8 Å². The van der Waals surface area contributed by atoms with Crippen LogP contribution in [0.5, 0.6) is 5.75 Å². The van der Waals surface area contributed by atoms with Crippen LogP contribution in [0.4, 0.5) is 0 Å². The average Bonchev–Trinajstić information content (AvgIpc) is 3.35. The molecule has 2 aromatic rings. The molecule has 0 radical (unpaired) electrons. The Morgan fingerprint density at radius 2 is 2.00 bits per heavy atom. The molecule has 1 amide bonds. The minimum atomic E-state index is 0.0587. The molecule has 0 N–H and O–H groups in total. The zero-order valence-corrected chi connectivity index (χ0v) is 18.9. The van der Waals surface area contributed by atoms with Crippen molar-refractivity contribution in [1.29, 1.82) is 0 Å². The van der Waals surface area contributed by atoms with Crippen LogP contribution >= 0.6 is 11.6 Å². The molecule has 0 spiro atoms. The number of aromatic nitrogens is 1. The van der Waals surface area contributed by atoms with E-state index in [9.17, 15) is 4.79 Å². The summed E-state index contributed by atoms with van der Waals surface area (Å²) < 4.78 is 5.90. The van der Waals surface area contributed by atoms with Gasteiger partial charge in [-0.3, -0.25) is 9.69 Å². The van der Waals surface area contributed by atoms with E-state index in [4.69, 9.17) is 16.3 Å². The van der Waals surface area contributed by atoms with Gasteiger partial charge in [0.05, 0.1) is 12.2 Å². The molecule has 4 rings (SSSR count). The number of fused-ring (bicyclic) bond motifs is 2. The van der Waals surface area contributed by atoms with Crippen LogP contribution in [0.15, 0.2) is 30.5 Å². The Hall–Kier alpha value is -2.11. The van der Waals surface area contributed by atoms with E-state index in [2.05, 4.69) is 49.7 Å². The zero-order valence-electron chi connectivity index (χ0n) is 18.2. The van der Waals surface area contributed by atoms with Crippen LogP contribution in [0, 0.1) is 13.8 Å². The minimum absolute atomic E-state index is 0.0587. The number of ether oxygens (including phenoxy) is 1. The number of halogens is 1. The maximum Gasteiger partial charge on any atom is 0.255 e. The van der Waals surface area contributed by atoms with Crippen molar-refractivity contribution in [2.45, 2.75) is 58.7 Å². The second-order valence-corrected chi connectivity index (χ2v) is 8.88. The Morgan fingerprint density at radius 1 is 1.20 bits per heavy atom. The SMILES string of the molecule is CCCOc1ccc([C@H](C)N2C[C@H]3C[C@@H]2CN3C(=O)c2ccc(Cl)nc2)c(C)c1C. The van der Waals surface area contributed by atoms with Crippen LogP contribution in [0.1, 0.15) is 59.8 Å². The monoisotopic (exact) mass is 427 g/mol. The summed E-state index contributed by atoms with van der Waals surface area (Å²) in [6, 6.07) is 8.73. The van der Waals surface area contributed by atoms with Gasteiger partial charge in [0.2, 0.25) is 0 Å². The summed E-state index contributed by atoms with van der Waals surface area (Å²) in [4.78, 5) is 21.6. The molecule has 160 valence electrons. The van der Waals surface area contributed by atoms with Crippen molar-refractivity contribution in [3.63, 3.8) is 0 Å². The van der Waals surface area contributed by atoms with Gasteiger partial charge in [0.1, 0.15) is 10.9 Å². The number of piperazine rings is 1. The number of hydrogen-bond donors (Lipinski definition) is 0. The van der Waals surface area contributed by atoms with Gasteiger partial charge in [0, 0.05) is 37.4 Å². The van der Waals surface area contributed by atoms with Crippen LogP contribution in [0.25, 0.3) is 0 Å². The third-order valence-electron chi connectivity index (χ3n) is 6.71. The molecule has 0 aliphatic carbocycles. The lowest BCUT2D eigenvalue weighted by atomic mass is 9.96. The van der Waals surface area contributed by atoms with Gasteiger partial charge >= 0.3 is 0 Å². The first kappa shape index (κ1) is 21.1. The lowest BCUT2D eigenvalue weighted by Gasteiger charge is -2.38. The van der Waals surface area contributed by atoms with Gasteiger partial charge in [-0.15, -0.1) is 0 Å². The van der Waals surface area contributed by atoms with Gasteiger partial charge in [-0.05, 0) is 68.5 Å². The van der Waals surface area contributed by atoms with E-state index in [1.54, 1.807) is 18.3 Å². The third-order valence-corrected chi connectivity index (χ3v) is 6.93. The first-order valence-corrected chi connectivity index (χ1v) is 11.2. The normalized spacial score (nSPS) is 21.8. The van der Waals surface area contributed by atoms with Crippen LogP contribution in [-0.2, 0) is 0 Å². The number of likely N-dealkylation sites (tertiary alicyclic amines) is 2. The molecule has 2 bridgehead atoms. The lowest BCUT2D eigenvalue weighted by molar-refractivity contribution is 0.0568. The Morgan fingerprint density at radius 3 is 2.63 bits per heavy atom. The van der Waals surface area contributed by atoms with Crippen LogP contribution in [0.3, 0.4) is 0 Å². The predicted octanol–water partition coefficient (Wildman–Crippen LogP) is 4.80. The van der Waals surface area contributed by atoms with Gasteiger partial charge in [-0.2, -0.15) is 0 Å². The number of amides is 1. The molecule has 2 aliphatic rings. The molecule has 0 unspecified atom stereocenters. The molecule has 2 aliphatic heterocycles. The Bertz CT molecular complexity index is 931. The molecule has 2 saturated heterocycles. The van der Waals surface area contributed by atoms with E-state index >= 15 is 0 Å². The summed E-state index contributed by atoms with van der Waals surface area (Å²) in [7, 11) is 0. The topological polar surface area (TPSA) is 45.7 Å². The summed E-state index contributed by atoms with van der Waals surface area (Å²) in [5, 5.41) is 0.409. The van der Waals surface area contributed by atoms with Gasteiger partial charge < -0.3 is 9.64 Å². The highest BCUT2D eigenvalue weighted by atomic mass is 35.5. The fourth-order valence-electron chi connectivity index (χ4n) is 4.91. The third kappa shape index (κ3) is 3.81. The molecule has 30 heavy (non-hydrogen) atoms. The summed E-state index contributed by atoms with van der Waals surface area (Å²) in [6.07, 6.45) is 3.62. The quantitative estimate of drug-likeness (QED) is 0.621. The molecule has 1 aromatic heterocycles. The first-order valence-electron chi connectivity index (χ1n) is 10.8. The second kappa shape index (κ2) is 8.56. The Labute approximate surface area is 184 Å². The zero-order chi connectivity index (χ0) is 21.4. The summed E-state index contributed by atoms with van der Waals surface area (Å²) in [6.45, 7) is 11.2. The van der Waals surface area contributed by atoms with Crippen molar-refractivity contribution in [2.24, 2.45) is 0 Å². The number of carbonyl (C=O) groups is 1. The van der Waals surface area contributed by atoms with E-state index in [1.165, 1.54) is 16.7 Å². The van der Waals surface area contributed by atoms with Crippen LogP contribution in [0.2, 0.25) is 5.15 Å². The van der Waals surface area contributed by atoms with E-state index in [-0.39, 0.29) is 11.9 Å². The Balaban J connectivity index is 1.46. The molecule has 5 nitrogen and oxygen atoms in total. The largest absolute Gasteiger partial charge is 0.493 e. The molecule has 0 saturated carbocycles. The summed E-state index contributed by atoms with van der Waals surface area (Å²) in [5.41, 5.74) is 4.49. The van der Waals surface area contributed by atoms with E-state index in [0.29, 0.717) is 22.8 Å². The van der Waals surface area contributed by atoms with Crippen LogP contribution in [-0.4, -0.2) is 52.5 Å². The van der Waals surface area contributed by atoms with Gasteiger partial charge in [-0.1, -0.05) is 24.6 Å². The first-order chi connectivity index (χ1) is 14.4. The molecular formula is C24H30ClN3O2. The maximum absolute atomic E-state index is 12.9. The fraction of sp³-hybridized carbons (Fsp3) is 0.500. The molecular weight excluding hydrogens is 398 g/mol. The predicted molar refractivity (Wildman–Crippen MR) is 119 cm³/mol. The number of nitrogens with zero attached hydrogens (tertiary/aromatic N) is 3. The highest BCUT2D eigenvalue weighted by Crippen LogP contribution is 2.39. The van der Waals surface area contributed by atoms with Gasteiger partial charge in [0.15, 0.2) is 0 Å². The smallest absolute Gasteiger partial charge is 0.255 e. The number of benzene rings is 1. The van der Waals surface area contributed by atoms with E-state index in [1.807, 2.05) is 4.90 Å². The molecule has 1 aromatic carbocycles. The number of rotatable bonds is 6. The molecule has 2 fully saturated rings. The highest BCUT2D eigenvalue weighted by Gasteiger charge is 2.47. The Kier molecular flexibility index (Phi) is 6.03. The fourth-order valence-corrected chi connectivity index (χ4v) is 5.02. The number of pyridine rings is 1. The maximum atomic E-state index is 12.9. The van der Waals surface area contributed by atoms with Crippen LogP contribution < -0.4 is 4.74 Å². The molecule has 3 heterocycles. The van der Waals surface area contributed by atoms with Crippen molar-refractivity contribution >= 4 is 17.5 Å². The van der Waals surface area contributed by atoms with Gasteiger partial charge in [-0.25, -0.2) is 4.98 Å². The van der Waals surface area contributed by atoms with Crippen molar-refractivity contribution in [3.8, 4) is 5.75 Å². The van der Waals surface area contributed by atoms with Crippen molar-refractivity contribution in [3.05, 3.63) is 57.9 Å². The standard InChI is InChI=1S/C24H30ClN3O2/c1-5-10-30-22-8-7-21(15(2)16(22)3)17(4)27-13-20-11-19(27)14-28(20)24(29)18-6-9-23(25)26-12-18/h6-9,12,17,19-20H,5,10-11,13-14H2,1-4H3/t17-,19+,20+/m0/s1. The van der Waals surface area contributed by atoms with E-state index in [0.717, 1.165) is 38.3 Å². The summed E-state index contributed by atoms with van der Waals surface area (Å²) >= 11 is 5.86.